The molecule has 4 amide bonds. The van der Waals surface area contributed by atoms with Gasteiger partial charge in [-0.2, -0.15) is 0 Å². The van der Waals surface area contributed by atoms with E-state index in [2.05, 4.69) is 0 Å². The Morgan fingerprint density at radius 3 is 2.00 bits per heavy atom. The van der Waals surface area contributed by atoms with Gasteiger partial charge in [-0.05, 0) is 30.5 Å². The van der Waals surface area contributed by atoms with Gasteiger partial charge in [-0.15, -0.1) is 0 Å². The smallest absolute Gasteiger partial charge is 0.273 e. The van der Waals surface area contributed by atoms with Gasteiger partial charge < -0.3 is 0 Å². The second-order valence-electron chi connectivity index (χ2n) is 5.63. The first-order valence-corrected chi connectivity index (χ1v) is 6.75. The molecular weight excluding hydrogens is 275 g/mol. The highest BCUT2D eigenvalue weighted by atomic mass is 19.1. The summed E-state index contributed by atoms with van der Waals surface area (Å²) in [6.07, 6.45) is 1.08. The molecule has 0 aromatic heterocycles. The molecule has 1 saturated carbocycles. The predicted molar refractivity (Wildman–Crippen MR) is 71.7 cm³/mol. The molecule has 1 aromatic rings. The number of carbonyl (C=O) groups is 3. The number of nitrogens with zero attached hydrogens (tertiary/aromatic N) is 2. The van der Waals surface area contributed by atoms with Crippen LogP contribution >= 0.6 is 0 Å². The fraction of sp³-hybridized carbons (Fsp3) is 0.400. The zero-order valence-electron chi connectivity index (χ0n) is 11.8. The van der Waals surface area contributed by atoms with E-state index in [0.29, 0.717) is 12.8 Å². The topological polar surface area (TPSA) is 57.7 Å². The molecule has 110 valence electrons. The van der Waals surface area contributed by atoms with Crippen molar-refractivity contribution in [3.63, 3.8) is 0 Å². The number of carbonyl (C=O) groups excluding carboxylic acids is 3. The Kier molecular flexibility index (Phi) is 2.86. The van der Waals surface area contributed by atoms with Gasteiger partial charge in [-0.25, -0.2) is 9.18 Å². The average molecular weight is 290 g/mol. The van der Waals surface area contributed by atoms with Crippen LogP contribution in [0, 0.1) is 11.2 Å². The largest absolute Gasteiger partial charge is 0.332 e. The van der Waals surface area contributed by atoms with Crippen LogP contribution in [0.4, 0.5) is 9.18 Å². The van der Waals surface area contributed by atoms with Gasteiger partial charge in [0.15, 0.2) is 0 Å². The molecule has 1 atom stereocenters. The van der Waals surface area contributed by atoms with E-state index in [1.165, 1.54) is 26.2 Å². The van der Waals surface area contributed by atoms with E-state index < -0.39 is 23.3 Å². The quantitative estimate of drug-likeness (QED) is 0.740. The van der Waals surface area contributed by atoms with Gasteiger partial charge in [0.05, 0.1) is 0 Å². The minimum atomic E-state index is -1.21. The van der Waals surface area contributed by atoms with Gasteiger partial charge in [0.25, 0.3) is 0 Å². The number of barbiturate groups is 1. The zero-order valence-corrected chi connectivity index (χ0v) is 11.8. The van der Waals surface area contributed by atoms with Crippen LogP contribution in [0.1, 0.15) is 24.3 Å². The van der Waals surface area contributed by atoms with E-state index in [0.717, 1.165) is 15.4 Å². The number of urea groups is 1. The first-order chi connectivity index (χ1) is 9.89. The lowest BCUT2D eigenvalue weighted by Crippen LogP contribution is -2.67. The molecule has 2 fully saturated rings. The summed E-state index contributed by atoms with van der Waals surface area (Å²) < 4.78 is 13.0. The number of benzene rings is 1. The molecular formula is C15H15FN2O3. The standard InChI is InChI=1S/C15H15FN2O3/c1-17-12(19)15(13(20)18(2)14(17)21)8-7-11(15)9-3-5-10(16)6-4-9/h3-6,11H,7-8H2,1-2H3/t11-/m0/s1. The Morgan fingerprint density at radius 1 is 1.05 bits per heavy atom. The van der Waals surface area contributed by atoms with Crippen LogP contribution in [-0.4, -0.2) is 41.7 Å². The maximum atomic E-state index is 13.0. The minimum Gasteiger partial charge on any atom is -0.273 e. The molecule has 6 heteroatoms. The number of hydrogen-bond acceptors (Lipinski definition) is 3. The lowest BCUT2D eigenvalue weighted by Gasteiger charge is -2.52. The Hall–Kier alpha value is -2.24. The summed E-state index contributed by atoms with van der Waals surface area (Å²) in [6.45, 7) is 0. The van der Waals surface area contributed by atoms with Gasteiger partial charge in [0.1, 0.15) is 11.2 Å². The first kappa shape index (κ1) is 13.7. The van der Waals surface area contributed by atoms with E-state index in [-0.39, 0.29) is 11.7 Å². The Balaban J connectivity index is 2.03. The van der Waals surface area contributed by atoms with Crippen molar-refractivity contribution in [2.24, 2.45) is 5.41 Å². The second kappa shape index (κ2) is 4.38. The third-order valence-electron chi connectivity index (χ3n) is 4.64. The highest BCUT2D eigenvalue weighted by Crippen LogP contribution is 2.56. The molecule has 1 aliphatic heterocycles. The van der Waals surface area contributed by atoms with Gasteiger partial charge >= 0.3 is 6.03 Å². The molecule has 2 aliphatic rings. The third kappa shape index (κ3) is 1.65. The van der Waals surface area contributed by atoms with Crippen molar-refractivity contribution in [1.82, 2.24) is 9.80 Å². The highest BCUT2D eigenvalue weighted by molar-refractivity contribution is 6.20. The molecule has 0 N–H and O–H groups in total. The summed E-state index contributed by atoms with van der Waals surface area (Å²) in [7, 11) is 2.77. The number of halogens is 1. The first-order valence-electron chi connectivity index (χ1n) is 6.75. The van der Waals surface area contributed by atoms with E-state index in [9.17, 15) is 18.8 Å². The molecule has 1 aliphatic carbocycles. The van der Waals surface area contributed by atoms with Crippen molar-refractivity contribution >= 4 is 17.8 Å². The third-order valence-corrected chi connectivity index (χ3v) is 4.64. The molecule has 1 aromatic carbocycles. The molecule has 1 saturated heterocycles. The lowest BCUT2D eigenvalue weighted by atomic mass is 9.55. The maximum Gasteiger partial charge on any atom is 0.332 e. The van der Waals surface area contributed by atoms with Crippen molar-refractivity contribution in [2.75, 3.05) is 14.1 Å². The number of amides is 4. The van der Waals surface area contributed by atoms with Crippen molar-refractivity contribution in [3.05, 3.63) is 35.6 Å². The number of imide groups is 2. The second-order valence-corrected chi connectivity index (χ2v) is 5.63. The highest BCUT2D eigenvalue weighted by Gasteiger charge is 2.64. The van der Waals surface area contributed by atoms with Crippen LogP contribution in [0.15, 0.2) is 24.3 Å². The number of hydrogen-bond donors (Lipinski definition) is 0. The van der Waals surface area contributed by atoms with Crippen molar-refractivity contribution in [2.45, 2.75) is 18.8 Å². The maximum absolute atomic E-state index is 13.0. The molecule has 5 nitrogen and oxygen atoms in total. The summed E-state index contributed by atoms with van der Waals surface area (Å²) >= 11 is 0. The van der Waals surface area contributed by atoms with Crippen LogP contribution in [-0.2, 0) is 9.59 Å². The zero-order chi connectivity index (χ0) is 15.4. The molecule has 1 heterocycles. The summed E-state index contributed by atoms with van der Waals surface area (Å²) in [5, 5.41) is 0. The Morgan fingerprint density at radius 2 is 1.57 bits per heavy atom. The van der Waals surface area contributed by atoms with Crippen molar-refractivity contribution in [1.29, 1.82) is 0 Å². The molecule has 0 radical (unpaired) electrons. The van der Waals surface area contributed by atoms with E-state index in [1.807, 2.05) is 0 Å². The summed E-state index contributed by atoms with van der Waals surface area (Å²) in [5.41, 5.74) is -0.463. The monoisotopic (exact) mass is 290 g/mol. The van der Waals surface area contributed by atoms with Crippen LogP contribution < -0.4 is 0 Å². The summed E-state index contributed by atoms with van der Waals surface area (Å²) in [6, 6.07) is 5.21. The average Bonchev–Trinajstić information content (AvgIpc) is 2.45. The predicted octanol–water partition coefficient (Wildman–Crippen LogP) is 1.74. The van der Waals surface area contributed by atoms with Crippen LogP contribution in [0.5, 0.6) is 0 Å². The normalized spacial score (nSPS) is 24.5. The van der Waals surface area contributed by atoms with Gasteiger partial charge in [-0.1, -0.05) is 12.1 Å². The van der Waals surface area contributed by atoms with E-state index in [4.69, 9.17) is 0 Å². The van der Waals surface area contributed by atoms with Crippen molar-refractivity contribution in [3.8, 4) is 0 Å². The minimum absolute atomic E-state index is 0.309. The Bertz CT molecular complexity index is 617. The van der Waals surface area contributed by atoms with Gasteiger partial charge in [0.2, 0.25) is 11.8 Å². The lowest BCUT2D eigenvalue weighted by molar-refractivity contribution is -0.166. The Labute approximate surface area is 121 Å². The van der Waals surface area contributed by atoms with Crippen LogP contribution in [0.25, 0.3) is 0 Å². The SMILES string of the molecule is CN1C(=O)N(C)C(=O)C2(CC[C@H]2c2ccc(F)cc2)C1=O. The van der Waals surface area contributed by atoms with Crippen LogP contribution in [0.2, 0.25) is 0 Å². The fourth-order valence-electron chi connectivity index (χ4n) is 3.32. The molecule has 1 spiro atoms. The summed E-state index contributed by atoms with van der Waals surface area (Å²) in [4.78, 5) is 38.9. The molecule has 3 rings (SSSR count). The van der Waals surface area contributed by atoms with Crippen LogP contribution in [0.3, 0.4) is 0 Å². The summed E-state index contributed by atoms with van der Waals surface area (Å²) in [5.74, 6) is -1.60. The van der Waals surface area contributed by atoms with E-state index >= 15 is 0 Å². The van der Waals surface area contributed by atoms with E-state index in [1.54, 1.807) is 12.1 Å². The van der Waals surface area contributed by atoms with Crippen molar-refractivity contribution < 1.29 is 18.8 Å². The molecule has 0 bridgehead atoms. The molecule has 0 unspecified atom stereocenters. The van der Waals surface area contributed by atoms with Gasteiger partial charge in [0, 0.05) is 20.0 Å². The number of rotatable bonds is 1. The van der Waals surface area contributed by atoms with Gasteiger partial charge in [-0.3, -0.25) is 19.4 Å². The molecule has 21 heavy (non-hydrogen) atoms. The fourth-order valence-corrected chi connectivity index (χ4v) is 3.32.